The Hall–Kier alpha value is -0.570. The van der Waals surface area contributed by atoms with E-state index in [0.29, 0.717) is 23.9 Å². The maximum absolute atomic E-state index is 11.6. The van der Waals surface area contributed by atoms with Crippen LogP contribution in [0.5, 0.6) is 0 Å². The van der Waals surface area contributed by atoms with Crippen molar-refractivity contribution in [3.63, 3.8) is 0 Å². The number of carbonyl (C=O) groups is 1. The molecular formula is C13H24N2O. The van der Waals surface area contributed by atoms with Crippen molar-refractivity contribution < 1.29 is 4.79 Å². The van der Waals surface area contributed by atoms with Gasteiger partial charge in [-0.1, -0.05) is 26.7 Å². The van der Waals surface area contributed by atoms with E-state index >= 15 is 0 Å². The molecule has 2 rings (SSSR count). The fourth-order valence-corrected chi connectivity index (χ4v) is 2.59. The zero-order valence-electron chi connectivity index (χ0n) is 10.5. The molecule has 0 spiro atoms. The molecule has 92 valence electrons. The molecule has 0 saturated heterocycles. The minimum atomic E-state index is 0.162. The monoisotopic (exact) mass is 224 g/mol. The first-order valence-corrected chi connectivity index (χ1v) is 6.58. The molecule has 16 heavy (non-hydrogen) atoms. The smallest absolute Gasteiger partial charge is 0.233 e. The van der Waals surface area contributed by atoms with Crippen LogP contribution in [0.2, 0.25) is 0 Å². The van der Waals surface area contributed by atoms with E-state index in [1.54, 1.807) is 0 Å². The average Bonchev–Trinajstić information content (AvgIpc) is 2.70. The van der Waals surface area contributed by atoms with Crippen molar-refractivity contribution in [1.82, 2.24) is 10.6 Å². The summed E-state index contributed by atoms with van der Waals surface area (Å²) in [5, 5.41) is 6.36. The second kappa shape index (κ2) is 4.74. The Morgan fingerprint density at radius 3 is 2.50 bits per heavy atom. The summed E-state index contributed by atoms with van der Waals surface area (Å²) in [4.78, 5) is 11.6. The Balaban J connectivity index is 1.54. The lowest BCUT2D eigenvalue weighted by Crippen LogP contribution is -2.39. The molecular weight excluding hydrogens is 200 g/mol. The van der Waals surface area contributed by atoms with Gasteiger partial charge in [0.05, 0.1) is 6.54 Å². The quantitative estimate of drug-likeness (QED) is 0.746. The number of amides is 1. The van der Waals surface area contributed by atoms with Crippen LogP contribution in [-0.2, 0) is 4.79 Å². The third kappa shape index (κ3) is 3.21. The molecule has 1 atom stereocenters. The number of rotatable bonds is 5. The van der Waals surface area contributed by atoms with Gasteiger partial charge in [0.15, 0.2) is 0 Å². The molecule has 0 aromatic heterocycles. The van der Waals surface area contributed by atoms with Crippen molar-refractivity contribution in [2.45, 2.75) is 52.0 Å². The van der Waals surface area contributed by atoms with Crippen LogP contribution in [0.15, 0.2) is 0 Å². The van der Waals surface area contributed by atoms with Crippen LogP contribution >= 0.6 is 0 Å². The molecule has 0 aromatic carbocycles. The Labute approximate surface area is 98.4 Å². The normalized spacial score (nSPS) is 28.0. The second-order valence-corrected chi connectivity index (χ2v) is 6.06. The van der Waals surface area contributed by atoms with Crippen molar-refractivity contribution in [3.8, 4) is 0 Å². The van der Waals surface area contributed by atoms with E-state index in [1.807, 2.05) is 0 Å². The lowest BCUT2D eigenvalue weighted by atomic mass is 10.1. The molecule has 0 heterocycles. The van der Waals surface area contributed by atoms with Crippen LogP contribution in [0, 0.1) is 11.3 Å². The van der Waals surface area contributed by atoms with Crippen LogP contribution < -0.4 is 10.6 Å². The highest BCUT2D eigenvalue weighted by Gasteiger charge is 2.45. The number of hydrogen-bond acceptors (Lipinski definition) is 2. The molecule has 0 aromatic rings. The van der Waals surface area contributed by atoms with E-state index in [4.69, 9.17) is 0 Å². The largest absolute Gasteiger partial charge is 0.355 e. The van der Waals surface area contributed by atoms with E-state index in [2.05, 4.69) is 24.5 Å². The molecule has 0 aliphatic heterocycles. The highest BCUT2D eigenvalue weighted by Crippen LogP contribution is 2.50. The number of hydrogen-bond donors (Lipinski definition) is 2. The summed E-state index contributed by atoms with van der Waals surface area (Å²) in [6.45, 7) is 5.89. The van der Waals surface area contributed by atoms with Gasteiger partial charge in [-0.2, -0.15) is 0 Å². The van der Waals surface area contributed by atoms with Gasteiger partial charge in [0.25, 0.3) is 0 Å². The second-order valence-electron chi connectivity index (χ2n) is 6.06. The lowest BCUT2D eigenvalue weighted by Gasteiger charge is -2.12. The maximum atomic E-state index is 11.6. The first-order chi connectivity index (χ1) is 7.58. The van der Waals surface area contributed by atoms with E-state index in [-0.39, 0.29) is 5.91 Å². The molecule has 2 aliphatic rings. The van der Waals surface area contributed by atoms with Gasteiger partial charge < -0.3 is 10.6 Å². The molecule has 2 fully saturated rings. The van der Waals surface area contributed by atoms with E-state index in [1.165, 1.54) is 32.1 Å². The first-order valence-electron chi connectivity index (χ1n) is 6.58. The van der Waals surface area contributed by atoms with E-state index < -0.39 is 0 Å². The molecule has 1 amide bonds. The molecule has 2 aliphatic carbocycles. The summed E-state index contributed by atoms with van der Waals surface area (Å²) in [6, 6.07) is 0.586. The summed E-state index contributed by atoms with van der Waals surface area (Å²) < 4.78 is 0. The van der Waals surface area contributed by atoms with Crippen molar-refractivity contribution in [2.75, 3.05) is 13.1 Å². The first kappa shape index (κ1) is 11.9. The van der Waals surface area contributed by atoms with Gasteiger partial charge in [-0.25, -0.2) is 0 Å². The van der Waals surface area contributed by atoms with Gasteiger partial charge >= 0.3 is 0 Å². The van der Waals surface area contributed by atoms with E-state index in [9.17, 15) is 4.79 Å². The molecule has 3 heteroatoms. The van der Waals surface area contributed by atoms with Crippen LogP contribution in [0.4, 0.5) is 0 Å². The third-order valence-electron chi connectivity index (χ3n) is 4.17. The summed E-state index contributed by atoms with van der Waals surface area (Å²) in [5.41, 5.74) is 0.464. The Bertz CT molecular complexity index is 246. The summed E-state index contributed by atoms with van der Waals surface area (Å²) >= 11 is 0. The lowest BCUT2D eigenvalue weighted by molar-refractivity contribution is -0.120. The summed E-state index contributed by atoms with van der Waals surface area (Å²) in [5.74, 6) is 0.859. The fraction of sp³-hybridized carbons (Fsp3) is 0.923. The Morgan fingerprint density at radius 1 is 1.31 bits per heavy atom. The predicted molar refractivity (Wildman–Crippen MR) is 65.2 cm³/mol. The highest BCUT2D eigenvalue weighted by molar-refractivity contribution is 5.78. The molecule has 0 bridgehead atoms. The highest BCUT2D eigenvalue weighted by atomic mass is 16.1. The average molecular weight is 224 g/mol. The van der Waals surface area contributed by atoms with Crippen molar-refractivity contribution in [3.05, 3.63) is 0 Å². The minimum Gasteiger partial charge on any atom is -0.355 e. The van der Waals surface area contributed by atoms with Crippen LogP contribution in [0.1, 0.15) is 46.0 Å². The molecule has 2 N–H and O–H groups in total. The molecule has 2 saturated carbocycles. The summed E-state index contributed by atoms with van der Waals surface area (Å²) in [6.07, 6.45) is 6.36. The molecule has 3 nitrogen and oxygen atoms in total. The van der Waals surface area contributed by atoms with Crippen LogP contribution in [-0.4, -0.2) is 25.0 Å². The minimum absolute atomic E-state index is 0.162. The predicted octanol–water partition coefficient (Wildman–Crippen LogP) is 1.68. The van der Waals surface area contributed by atoms with Gasteiger partial charge in [0.1, 0.15) is 0 Å². The van der Waals surface area contributed by atoms with Gasteiger partial charge in [0, 0.05) is 12.6 Å². The SMILES string of the molecule is CC1(C)CC1CNC(=O)CNC1CCCC1. The van der Waals surface area contributed by atoms with Crippen LogP contribution in [0.3, 0.4) is 0 Å². The molecule has 0 radical (unpaired) electrons. The summed E-state index contributed by atoms with van der Waals surface area (Å²) in [7, 11) is 0. The topological polar surface area (TPSA) is 41.1 Å². The van der Waals surface area contributed by atoms with Gasteiger partial charge in [-0.15, -0.1) is 0 Å². The standard InChI is InChI=1S/C13H24N2O/c1-13(2)7-10(13)8-15-12(16)9-14-11-5-3-4-6-11/h10-11,14H,3-9H2,1-2H3,(H,15,16). The maximum Gasteiger partial charge on any atom is 0.233 e. The zero-order chi connectivity index (χ0) is 11.6. The van der Waals surface area contributed by atoms with Crippen molar-refractivity contribution >= 4 is 5.91 Å². The van der Waals surface area contributed by atoms with Crippen LogP contribution in [0.25, 0.3) is 0 Å². The Morgan fingerprint density at radius 2 is 1.94 bits per heavy atom. The zero-order valence-corrected chi connectivity index (χ0v) is 10.5. The fourth-order valence-electron chi connectivity index (χ4n) is 2.59. The van der Waals surface area contributed by atoms with Gasteiger partial charge in [0.2, 0.25) is 5.91 Å². The number of carbonyl (C=O) groups excluding carboxylic acids is 1. The molecule has 1 unspecified atom stereocenters. The third-order valence-corrected chi connectivity index (χ3v) is 4.17. The van der Waals surface area contributed by atoms with Gasteiger partial charge in [-0.3, -0.25) is 4.79 Å². The van der Waals surface area contributed by atoms with Crippen molar-refractivity contribution in [2.24, 2.45) is 11.3 Å². The van der Waals surface area contributed by atoms with Crippen molar-refractivity contribution in [1.29, 1.82) is 0 Å². The Kier molecular flexibility index (Phi) is 3.53. The number of nitrogens with one attached hydrogen (secondary N) is 2. The van der Waals surface area contributed by atoms with Gasteiger partial charge in [-0.05, 0) is 30.6 Å². The van der Waals surface area contributed by atoms with E-state index in [0.717, 1.165) is 6.54 Å².